The summed E-state index contributed by atoms with van der Waals surface area (Å²) in [6, 6.07) is 28.4. The molecule has 0 heterocycles. The van der Waals surface area contributed by atoms with E-state index in [2.05, 4.69) is 5.32 Å². The molecule has 0 radical (unpaired) electrons. The van der Waals surface area contributed by atoms with Crippen LogP contribution in [0.4, 0.5) is 5.69 Å². The summed E-state index contributed by atoms with van der Waals surface area (Å²) in [5.41, 5.74) is 2.45. The quantitative estimate of drug-likeness (QED) is 0.234. The first kappa shape index (κ1) is 31.6. The molecule has 0 saturated heterocycles. The predicted octanol–water partition coefficient (Wildman–Crippen LogP) is 5.24. The summed E-state index contributed by atoms with van der Waals surface area (Å²) in [5, 5.41) is 3.12. The number of ether oxygens (including phenoxy) is 1. The third-order valence-corrected chi connectivity index (χ3v) is 9.05. The van der Waals surface area contributed by atoms with Gasteiger partial charge >= 0.3 is 0 Å². The Bertz CT molecular complexity index is 1670. The van der Waals surface area contributed by atoms with Crippen molar-refractivity contribution < 1.29 is 22.7 Å². The third kappa shape index (κ3) is 7.74. The van der Waals surface area contributed by atoms with Crippen LogP contribution in [-0.2, 0) is 32.6 Å². The maximum Gasteiger partial charge on any atom is 0.264 e. The Morgan fingerprint density at radius 2 is 1.53 bits per heavy atom. The molecule has 4 rings (SSSR count). The van der Waals surface area contributed by atoms with Crippen molar-refractivity contribution in [2.75, 3.05) is 25.0 Å². The summed E-state index contributed by atoms with van der Waals surface area (Å²) in [6.45, 7) is 1.22. The summed E-state index contributed by atoms with van der Waals surface area (Å²) >= 11 is 6.20. The summed E-state index contributed by atoms with van der Waals surface area (Å²) in [5.74, 6) is -0.337. The highest BCUT2D eigenvalue weighted by Gasteiger charge is 2.34. The number of nitrogens with zero attached hydrogens (tertiary/aromatic N) is 2. The Morgan fingerprint density at radius 1 is 0.884 bits per heavy atom. The largest absolute Gasteiger partial charge is 0.497 e. The van der Waals surface area contributed by atoms with Gasteiger partial charge in [-0.2, -0.15) is 0 Å². The van der Waals surface area contributed by atoms with Gasteiger partial charge in [-0.15, -0.1) is 0 Å². The van der Waals surface area contributed by atoms with Crippen molar-refractivity contribution >= 4 is 39.1 Å². The summed E-state index contributed by atoms with van der Waals surface area (Å²) in [6.07, 6.45) is 0.224. The van der Waals surface area contributed by atoms with Gasteiger partial charge in [-0.3, -0.25) is 13.9 Å². The minimum atomic E-state index is -4.19. The number of halogens is 1. The first-order valence-corrected chi connectivity index (χ1v) is 15.5. The fourth-order valence-electron chi connectivity index (χ4n) is 4.82. The molecule has 0 aliphatic heterocycles. The number of amides is 2. The van der Waals surface area contributed by atoms with Crippen LogP contribution < -0.4 is 14.4 Å². The van der Waals surface area contributed by atoms with Crippen molar-refractivity contribution in [3.05, 3.63) is 125 Å². The molecule has 0 bridgehead atoms. The van der Waals surface area contributed by atoms with Crippen molar-refractivity contribution in [2.24, 2.45) is 0 Å². The van der Waals surface area contributed by atoms with Gasteiger partial charge in [0, 0.05) is 25.0 Å². The van der Waals surface area contributed by atoms with E-state index in [1.807, 2.05) is 36.4 Å². The van der Waals surface area contributed by atoms with Crippen LogP contribution in [0, 0.1) is 6.92 Å². The van der Waals surface area contributed by atoms with Crippen molar-refractivity contribution in [1.82, 2.24) is 10.2 Å². The van der Waals surface area contributed by atoms with Gasteiger partial charge in [0.2, 0.25) is 11.8 Å². The second-order valence-electron chi connectivity index (χ2n) is 9.95. The normalized spacial score (nSPS) is 11.8. The lowest BCUT2D eigenvalue weighted by Crippen LogP contribution is -2.53. The van der Waals surface area contributed by atoms with E-state index in [-0.39, 0.29) is 23.8 Å². The van der Waals surface area contributed by atoms with Crippen LogP contribution in [0.1, 0.15) is 16.7 Å². The minimum Gasteiger partial charge on any atom is -0.497 e. The first-order valence-electron chi connectivity index (χ1n) is 13.7. The number of nitrogens with one attached hydrogen (secondary N) is 1. The number of carbonyl (C=O) groups is 2. The Labute approximate surface area is 257 Å². The van der Waals surface area contributed by atoms with Crippen molar-refractivity contribution in [3.63, 3.8) is 0 Å². The number of aryl methyl sites for hydroxylation is 1. The van der Waals surface area contributed by atoms with Crippen LogP contribution in [0.15, 0.2) is 108 Å². The Morgan fingerprint density at radius 3 is 2.16 bits per heavy atom. The molecule has 224 valence electrons. The van der Waals surface area contributed by atoms with Crippen LogP contribution >= 0.6 is 11.6 Å². The average Bonchev–Trinajstić information content (AvgIpc) is 3.02. The molecule has 0 aromatic heterocycles. The van der Waals surface area contributed by atoms with Crippen molar-refractivity contribution in [3.8, 4) is 5.75 Å². The topological polar surface area (TPSA) is 96.0 Å². The molecule has 0 unspecified atom stereocenters. The molecule has 2 amide bonds. The Balaban J connectivity index is 1.81. The molecule has 4 aromatic carbocycles. The Hall–Kier alpha value is -4.34. The zero-order valence-corrected chi connectivity index (χ0v) is 25.8. The maximum absolute atomic E-state index is 14.4. The molecular weight excluding hydrogens is 586 g/mol. The lowest BCUT2D eigenvalue weighted by molar-refractivity contribution is -0.139. The summed E-state index contributed by atoms with van der Waals surface area (Å²) < 4.78 is 34.6. The van der Waals surface area contributed by atoms with Gasteiger partial charge in [-0.25, -0.2) is 8.42 Å². The van der Waals surface area contributed by atoms with Crippen LogP contribution in [0.2, 0.25) is 5.02 Å². The van der Waals surface area contributed by atoms with Crippen LogP contribution in [0.25, 0.3) is 0 Å². The average molecular weight is 620 g/mol. The van der Waals surface area contributed by atoms with Gasteiger partial charge in [0.15, 0.2) is 0 Å². The number of rotatable bonds is 12. The van der Waals surface area contributed by atoms with Gasteiger partial charge in [0.25, 0.3) is 10.0 Å². The summed E-state index contributed by atoms with van der Waals surface area (Å²) in [4.78, 5) is 29.2. The van der Waals surface area contributed by atoms with E-state index in [1.165, 1.54) is 24.1 Å². The highest BCUT2D eigenvalue weighted by Crippen LogP contribution is 2.29. The van der Waals surface area contributed by atoms with Gasteiger partial charge in [-0.1, -0.05) is 72.3 Å². The SMILES string of the molecule is CNC(=O)[C@@H](Cc1ccccc1)N(Cc1cccc(OC)c1)C(=O)CN(c1ccc(Cl)cc1C)S(=O)(=O)c1ccccc1. The second kappa shape index (κ2) is 14.2. The second-order valence-corrected chi connectivity index (χ2v) is 12.2. The number of methoxy groups -OCH3 is 1. The molecule has 0 fully saturated rings. The van der Waals surface area contributed by atoms with E-state index in [4.69, 9.17) is 16.3 Å². The highest BCUT2D eigenvalue weighted by atomic mass is 35.5. The fraction of sp³-hybridized carbons (Fsp3) is 0.212. The lowest BCUT2D eigenvalue weighted by atomic mass is 10.0. The molecule has 1 atom stereocenters. The van der Waals surface area contributed by atoms with Crippen LogP contribution in [-0.4, -0.2) is 51.9 Å². The standard InChI is InChI=1S/C33H34ClN3O5S/c1-24-19-27(34)17-18-30(24)37(43(40,41)29-15-8-5-9-16-29)23-32(38)36(22-26-13-10-14-28(20-26)42-3)31(33(39)35-2)21-25-11-6-4-7-12-25/h4-20,31H,21-23H2,1-3H3,(H,35,39)/t31-/m1/s1. The smallest absolute Gasteiger partial charge is 0.264 e. The molecule has 1 N–H and O–H groups in total. The zero-order chi connectivity index (χ0) is 31.0. The number of carbonyl (C=O) groups excluding carboxylic acids is 2. The Kier molecular flexibility index (Phi) is 10.4. The lowest BCUT2D eigenvalue weighted by Gasteiger charge is -2.34. The molecule has 43 heavy (non-hydrogen) atoms. The summed E-state index contributed by atoms with van der Waals surface area (Å²) in [7, 11) is -1.13. The van der Waals surface area contributed by atoms with E-state index < -0.39 is 28.5 Å². The molecule has 0 spiro atoms. The molecule has 8 nitrogen and oxygen atoms in total. The molecular formula is C33H34ClN3O5S. The number of anilines is 1. The number of sulfonamides is 1. The fourth-order valence-corrected chi connectivity index (χ4v) is 6.55. The predicted molar refractivity (Wildman–Crippen MR) is 169 cm³/mol. The van der Waals surface area contributed by atoms with Gasteiger partial charge in [-0.05, 0) is 66.1 Å². The van der Waals surface area contributed by atoms with E-state index in [9.17, 15) is 18.0 Å². The van der Waals surface area contributed by atoms with Crippen molar-refractivity contribution in [1.29, 1.82) is 0 Å². The maximum atomic E-state index is 14.4. The number of hydrogen-bond donors (Lipinski definition) is 1. The van der Waals surface area contributed by atoms with Crippen LogP contribution in [0.3, 0.4) is 0 Å². The number of likely N-dealkylation sites (N-methyl/N-ethyl adjacent to an activating group) is 1. The third-order valence-electron chi connectivity index (χ3n) is 7.04. The molecule has 0 aliphatic carbocycles. The first-order chi connectivity index (χ1) is 20.6. The van der Waals surface area contributed by atoms with Gasteiger partial charge in [0.1, 0.15) is 18.3 Å². The monoisotopic (exact) mass is 619 g/mol. The molecule has 0 saturated carbocycles. The van der Waals surface area contributed by atoms with Crippen LogP contribution in [0.5, 0.6) is 5.75 Å². The van der Waals surface area contributed by atoms with E-state index in [0.29, 0.717) is 22.0 Å². The highest BCUT2D eigenvalue weighted by molar-refractivity contribution is 7.92. The van der Waals surface area contributed by atoms with E-state index >= 15 is 0 Å². The van der Waals surface area contributed by atoms with E-state index in [1.54, 1.807) is 68.6 Å². The molecule has 10 heteroatoms. The van der Waals surface area contributed by atoms with Gasteiger partial charge < -0.3 is 15.0 Å². The van der Waals surface area contributed by atoms with Crippen molar-refractivity contribution in [2.45, 2.75) is 30.8 Å². The zero-order valence-electron chi connectivity index (χ0n) is 24.2. The number of hydrogen-bond acceptors (Lipinski definition) is 5. The minimum absolute atomic E-state index is 0.0311. The van der Waals surface area contributed by atoms with Gasteiger partial charge in [0.05, 0.1) is 17.7 Å². The molecule has 4 aromatic rings. The molecule has 0 aliphatic rings. The number of benzene rings is 4. The van der Waals surface area contributed by atoms with E-state index in [0.717, 1.165) is 15.4 Å².